The van der Waals surface area contributed by atoms with Crippen molar-refractivity contribution >= 4 is 32.6 Å². The predicted molar refractivity (Wildman–Crippen MR) is 128 cm³/mol. The second-order valence-corrected chi connectivity index (χ2v) is 8.68. The van der Waals surface area contributed by atoms with Crippen LogP contribution in [0.1, 0.15) is 36.5 Å². The molecule has 0 bridgehead atoms. The summed E-state index contributed by atoms with van der Waals surface area (Å²) >= 11 is 1.50. The molecule has 0 fully saturated rings. The summed E-state index contributed by atoms with van der Waals surface area (Å²) in [5.74, 6) is 1.43. The van der Waals surface area contributed by atoms with Crippen LogP contribution in [0, 0.1) is 0 Å². The van der Waals surface area contributed by atoms with Gasteiger partial charge in [0.15, 0.2) is 5.13 Å². The van der Waals surface area contributed by atoms with Crippen LogP contribution in [0.3, 0.4) is 0 Å². The fourth-order valence-electron chi connectivity index (χ4n) is 3.14. The van der Waals surface area contributed by atoms with Crippen LogP contribution >= 0.6 is 11.3 Å². The third-order valence-corrected chi connectivity index (χ3v) is 5.97. The van der Waals surface area contributed by atoms with Crippen molar-refractivity contribution in [1.29, 1.82) is 0 Å². The average Bonchev–Trinajstić information content (AvgIpc) is 3.19. The van der Waals surface area contributed by atoms with Crippen LogP contribution in [-0.4, -0.2) is 56.7 Å². The van der Waals surface area contributed by atoms with Crippen LogP contribution in [0.2, 0.25) is 0 Å². The Hall–Kier alpha value is -2.64. The van der Waals surface area contributed by atoms with E-state index in [0.29, 0.717) is 23.8 Å². The first kappa shape index (κ1) is 23.0. The Morgan fingerprint density at radius 1 is 1.06 bits per heavy atom. The molecule has 0 atom stereocenters. The lowest BCUT2D eigenvalue weighted by Crippen LogP contribution is -2.36. The van der Waals surface area contributed by atoms with E-state index in [9.17, 15) is 4.79 Å². The Bertz CT molecular complexity index is 1000. The number of rotatable bonds is 11. The smallest absolute Gasteiger partial charge is 0.260 e. The highest BCUT2D eigenvalue weighted by Gasteiger charge is 2.22. The third kappa shape index (κ3) is 6.18. The lowest BCUT2D eigenvalue weighted by molar-refractivity contribution is 0.0984. The number of hydrogen-bond acceptors (Lipinski definition) is 6. The number of nitrogens with zero attached hydrogens (tertiary/aromatic N) is 3. The number of amides is 1. The Morgan fingerprint density at radius 2 is 1.90 bits per heavy atom. The molecule has 2 aromatic carbocycles. The van der Waals surface area contributed by atoms with Crippen molar-refractivity contribution in [1.82, 2.24) is 9.88 Å². The summed E-state index contributed by atoms with van der Waals surface area (Å²) in [6, 6.07) is 13.2. The van der Waals surface area contributed by atoms with Crippen molar-refractivity contribution in [2.24, 2.45) is 0 Å². The van der Waals surface area contributed by atoms with E-state index in [1.165, 1.54) is 11.3 Å². The number of ether oxygens (including phenoxy) is 2. The molecule has 0 N–H and O–H groups in total. The van der Waals surface area contributed by atoms with Gasteiger partial charge in [-0.1, -0.05) is 37.2 Å². The molecule has 166 valence electrons. The predicted octanol–water partition coefficient (Wildman–Crippen LogP) is 5.08. The summed E-state index contributed by atoms with van der Waals surface area (Å²) in [6.45, 7) is 4.11. The number of methoxy groups -OCH3 is 1. The highest BCUT2D eigenvalue weighted by Crippen LogP contribution is 2.32. The number of unbranched alkanes of at least 4 members (excludes halogenated alkanes) is 2. The minimum absolute atomic E-state index is 0.0770. The van der Waals surface area contributed by atoms with Gasteiger partial charge in [-0.2, -0.15) is 0 Å². The molecule has 6 nitrogen and oxygen atoms in total. The molecule has 3 aromatic rings. The topological polar surface area (TPSA) is 54.9 Å². The highest BCUT2D eigenvalue weighted by molar-refractivity contribution is 7.22. The van der Waals surface area contributed by atoms with Crippen LogP contribution in [0.5, 0.6) is 11.5 Å². The van der Waals surface area contributed by atoms with Crippen LogP contribution in [0.15, 0.2) is 42.5 Å². The molecule has 0 unspecified atom stereocenters. The largest absolute Gasteiger partial charge is 0.497 e. The van der Waals surface area contributed by atoms with Crippen molar-refractivity contribution in [3.8, 4) is 11.5 Å². The molecule has 1 aromatic heterocycles. The Morgan fingerprint density at radius 3 is 2.65 bits per heavy atom. The lowest BCUT2D eigenvalue weighted by Gasteiger charge is -2.22. The number of carbonyl (C=O) groups is 1. The maximum absolute atomic E-state index is 13.5. The van der Waals surface area contributed by atoms with Crippen LogP contribution < -0.4 is 14.4 Å². The fraction of sp³-hybridized carbons (Fsp3) is 0.417. The van der Waals surface area contributed by atoms with Gasteiger partial charge in [0.05, 0.1) is 23.9 Å². The maximum Gasteiger partial charge on any atom is 0.260 e. The molecule has 0 spiro atoms. The summed E-state index contributed by atoms with van der Waals surface area (Å²) in [4.78, 5) is 22.0. The molecule has 1 heterocycles. The number of carbonyl (C=O) groups excluding carboxylic acids is 1. The van der Waals surface area contributed by atoms with Gasteiger partial charge in [0.25, 0.3) is 5.91 Å². The number of aromatic nitrogens is 1. The van der Waals surface area contributed by atoms with Crippen molar-refractivity contribution in [3.63, 3.8) is 0 Å². The van der Waals surface area contributed by atoms with Gasteiger partial charge in [-0.15, -0.1) is 0 Å². The SMILES string of the molecule is CCCCCOc1cccc(C(=O)N(CCN(C)C)c2nc3ccc(OC)cc3s2)c1. The van der Waals surface area contributed by atoms with E-state index in [1.807, 2.05) is 56.6 Å². The van der Waals surface area contributed by atoms with Gasteiger partial charge in [-0.3, -0.25) is 9.69 Å². The van der Waals surface area contributed by atoms with E-state index in [0.717, 1.165) is 47.5 Å². The van der Waals surface area contributed by atoms with Gasteiger partial charge >= 0.3 is 0 Å². The normalized spacial score (nSPS) is 11.1. The zero-order valence-electron chi connectivity index (χ0n) is 18.8. The monoisotopic (exact) mass is 441 g/mol. The van der Waals surface area contributed by atoms with Gasteiger partial charge in [0.1, 0.15) is 11.5 Å². The van der Waals surface area contributed by atoms with Crippen molar-refractivity contribution in [3.05, 3.63) is 48.0 Å². The first-order valence-electron chi connectivity index (χ1n) is 10.7. The van der Waals surface area contributed by atoms with E-state index in [4.69, 9.17) is 14.5 Å². The second-order valence-electron chi connectivity index (χ2n) is 7.67. The summed E-state index contributed by atoms with van der Waals surface area (Å²) in [7, 11) is 5.64. The Kier molecular flexibility index (Phi) is 8.26. The average molecular weight is 442 g/mol. The summed E-state index contributed by atoms with van der Waals surface area (Å²) in [5, 5.41) is 0.685. The first-order chi connectivity index (χ1) is 15.0. The van der Waals surface area contributed by atoms with E-state index < -0.39 is 0 Å². The third-order valence-electron chi connectivity index (χ3n) is 4.93. The van der Waals surface area contributed by atoms with Gasteiger partial charge in [-0.25, -0.2) is 4.98 Å². The number of benzene rings is 2. The van der Waals surface area contributed by atoms with Crippen LogP contribution in [-0.2, 0) is 0 Å². The van der Waals surface area contributed by atoms with E-state index >= 15 is 0 Å². The molecule has 0 aliphatic carbocycles. The minimum Gasteiger partial charge on any atom is -0.497 e. The zero-order valence-corrected chi connectivity index (χ0v) is 19.6. The maximum atomic E-state index is 13.5. The summed E-state index contributed by atoms with van der Waals surface area (Å²) in [6.07, 6.45) is 3.30. The Labute approximate surface area is 188 Å². The van der Waals surface area contributed by atoms with Crippen molar-refractivity contribution < 1.29 is 14.3 Å². The molecule has 1 amide bonds. The molecule has 7 heteroatoms. The molecule has 0 saturated heterocycles. The molecule has 0 aliphatic rings. The van der Waals surface area contributed by atoms with Crippen molar-refractivity contribution in [2.75, 3.05) is 45.8 Å². The number of fused-ring (bicyclic) bond motifs is 1. The molecule has 31 heavy (non-hydrogen) atoms. The van der Waals surface area contributed by atoms with E-state index in [2.05, 4.69) is 11.8 Å². The zero-order chi connectivity index (χ0) is 22.2. The van der Waals surface area contributed by atoms with E-state index in [-0.39, 0.29) is 5.91 Å². The molecule has 3 rings (SSSR count). The summed E-state index contributed by atoms with van der Waals surface area (Å²) < 4.78 is 12.2. The van der Waals surface area contributed by atoms with Gasteiger partial charge in [-0.05, 0) is 56.9 Å². The fourth-order valence-corrected chi connectivity index (χ4v) is 4.15. The quantitative estimate of drug-likeness (QED) is 0.388. The molecule has 0 saturated carbocycles. The standard InChI is InChI=1S/C24H31N3O3S/c1-5-6-7-15-30-20-10-8-9-18(16-20)23(28)27(14-13-26(2)3)24-25-21-12-11-19(29-4)17-22(21)31-24/h8-12,16-17H,5-7,13-15H2,1-4H3. The van der Waals surface area contributed by atoms with Crippen molar-refractivity contribution in [2.45, 2.75) is 26.2 Å². The number of hydrogen-bond donors (Lipinski definition) is 0. The number of thiazole rings is 1. The molecule has 0 aliphatic heterocycles. The van der Waals surface area contributed by atoms with Crippen LogP contribution in [0.25, 0.3) is 10.2 Å². The van der Waals surface area contributed by atoms with Crippen LogP contribution in [0.4, 0.5) is 5.13 Å². The lowest BCUT2D eigenvalue weighted by atomic mass is 10.2. The second kappa shape index (κ2) is 11.1. The Balaban J connectivity index is 1.85. The minimum atomic E-state index is -0.0770. The molecular formula is C24H31N3O3S. The number of anilines is 1. The van der Waals surface area contributed by atoms with Gasteiger partial charge in [0.2, 0.25) is 0 Å². The van der Waals surface area contributed by atoms with Gasteiger partial charge < -0.3 is 14.4 Å². The van der Waals surface area contributed by atoms with E-state index in [1.54, 1.807) is 12.0 Å². The molecule has 0 radical (unpaired) electrons. The highest BCUT2D eigenvalue weighted by atomic mass is 32.1. The summed E-state index contributed by atoms with van der Waals surface area (Å²) in [5.41, 5.74) is 1.46. The first-order valence-corrected chi connectivity index (χ1v) is 11.5. The van der Waals surface area contributed by atoms with Gasteiger partial charge in [0, 0.05) is 18.7 Å². The molecular weight excluding hydrogens is 410 g/mol. The number of likely N-dealkylation sites (N-methyl/N-ethyl adjacent to an activating group) is 1.